The van der Waals surface area contributed by atoms with Gasteiger partial charge in [-0.2, -0.15) is 4.31 Å². The number of ether oxygens (including phenoxy) is 1. The molecule has 0 radical (unpaired) electrons. The zero-order valence-corrected chi connectivity index (χ0v) is 18.4. The second-order valence-electron chi connectivity index (χ2n) is 7.27. The van der Waals surface area contributed by atoms with Crippen LogP contribution in [0.1, 0.15) is 6.92 Å². The molecule has 0 saturated carbocycles. The molecule has 2 aliphatic rings. The van der Waals surface area contributed by atoms with Crippen molar-refractivity contribution in [2.24, 2.45) is 10.7 Å². The Morgan fingerprint density at radius 2 is 1.88 bits per heavy atom. The van der Waals surface area contributed by atoms with Crippen LogP contribution in [0, 0.1) is 0 Å². The fourth-order valence-electron chi connectivity index (χ4n) is 3.56. The van der Waals surface area contributed by atoms with E-state index in [9.17, 15) is 13.2 Å². The maximum atomic E-state index is 12.8. The Bertz CT molecular complexity index is 1130. The zero-order valence-electron chi connectivity index (χ0n) is 17.6. The summed E-state index contributed by atoms with van der Waals surface area (Å²) in [4.78, 5) is 22.4. The molecule has 1 fully saturated rings. The van der Waals surface area contributed by atoms with E-state index in [0.29, 0.717) is 56.0 Å². The van der Waals surface area contributed by atoms with Crippen LogP contribution in [0.4, 0.5) is 27.8 Å². The molecule has 4 rings (SSSR count). The van der Waals surface area contributed by atoms with Gasteiger partial charge in [-0.1, -0.05) is 0 Å². The number of aliphatic imine (C=N–C) groups is 1. The normalized spacial score (nSPS) is 16.8. The molecule has 0 spiro atoms. The van der Waals surface area contributed by atoms with Crippen molar-refractivity contribution < 1.29 is 17.9 Å². The van der Waals surface area contributed by atoms with Gasteiger partial charge in [-0.25, -0.2) is 23.2 Å². The van der Waals surface area contributed by atoms with Crippen molar-refractivity contribution in [3.63, 3.8) is 0 Å². The van der Waals surface area contributed by atoms with E-state index >= 15 is 0 Å². The quantitative estimate of drug-likeness (QED) is 0.616. The number of urea groups is 1. The summed E-state index contributed by atoms with van der Waals surface area (Å²) in [6.07, 6.45) is 0. The number of amidine groups is 1. The number of nitrogens with two attached hydrogens (primary N) is 1. The summed E-state index contributed by atoms with van der Waals surface area (Å²) < 4.78 is 32.2. The Kier molecular flexibility index (Phi) is 6.26. The minimum atomic E-state index is -3.55. The van der Waals surface area contributed by atoms with Crippen molar-refractivity contribution in [3.05, 3.63) is 36.4 Å². The van der Waals surface area contributed by atoms with Crippen molar-refractivity contribution in [2.45, 2.75) is 11.8 Å². The van der Waals surface area contributed by atoms with Crippen molar-refractivity contribution >= 4 is 44.9 Å². The number of amides is 2. The van der Waals surface area contributed by atoms with Crippen LogP contribution in [-0.4, -0.2) is 69.0 Å². The number of pyridine rings is 1. The second kappa shape index (κ2) is 9.10. The first-order valence-corrected chi connectivity index (χ1v) is 11.7. The minimum Gasteiger partial charge on any atom is -0.379 e. The summed E-state index contributed by atoms with van der Waals surface area (Å²) in [6, 6.07) is 9.39. The topological polar surface area (TPSA) is 142 Å². The highest BCUT2D eigenvalue weighted by Crippen LogP contribution is 2.32. The van der Waals surface area contributed by atoms with Gasteiger partial charge in [-0.3, -0.25) is 5.32 Å². The Morgan fingerprint density at radius 3 is 2.53 bits per heavy atom. The van der Waals surface area contributed by atoms with Gasteiger partial charge in [-0.15, -0.1) is 0 Å². The number of primary amides is 1. The third-order valence-corrected chi connectivity index (χ3v) is 7.07. The average Bonchev–Trinajstić information content (AvgIpc) is 2.79. The van der Waals surface area contributed by atoms with E-state index in [1.165, 1.54) is 4.31 Å². The molecule has 0 aliphatic carbocycles. The van der Waals surface area contributed by atoms with Gasteiger partial charge in [0.25, 0.3) is 0 Å². The van der Waals surface area contributed by atoms with Crippen LogP contribution in [0.25, 0.3) is 0 Å². The zero-order chi connectivity index (χ0) is 22.7. The third kappa shape index (κ3) is 4.66. The van der Waals surface area contributed by atoms with Gasteiger partial charge in [0.1, 0.15) is 11.7 Å². The molecule has 2 amide bonds. The number of hydrogen-bond donors (Lipinski definition) is 3. The van der Waals surface area contributed by atoms with E-state index in [1.54, 1.807) is 30.3 Å². The Labute approximate surface area is 186 Å². The summed E-state index contributed by atoms with van der Waals surface area (Å²) in [6.45, 7) is 4.79. The second-order valence-corrected chi connectivity index (χ2v) is 9.20. The number of hydrogen-bond acceptors (Lipinski definition) is 8. The van der Waals surface area contributed by atoms with Crippen LogP contribution in [0.2, 0.25) is 0 Å². The predicted octanol–water partition coefficient (Wildman–Crippen LogP) is 1.58. The Balaban J connectivity index is 1.53. The van der Waals surface area contributed by atoms with Gasteiger partial charge in [0, 0.05) is 25.3 Å². The predicted molar refractivity (Wildman–Crippen MR) is 122 cm³/mol. The number of nitrogens with one attached hydrogen (secondary N) is 2. The number of benzene rings is 1. The number of aromatic nitrogens is 1. The number of anilines is 3. The fourth-order valence-corrected chi connectivity index (χ4v) is 4.97. The van der Waals surface area contributed by atoms with Gasteiger partial charge in [0.15, 0.2) is 5.82 Å². The van der Waals surface area contributed by atoms with Gasteiger partial charge >= 0.3 is 6.03 Å². The first kappa shape index (κ1) is 22.0. The standard InChI is InChI=1S/C20H25N7O4S/c1-2-26-13-18(24-19-16(26)7-8-17(23-19)25-20(21)28)22-14-3-5-15(6-4-14)32(29,30)27-9-11-31-12-10-27/h3-8H,2,9-13H2,1H3,(H4,21,22,23,24,25,28). The number of carbonyl (C=O) groups excluding carboxylic acids is 1. The minimum absolute atomic E-state index is 0.236. The van der Waals surface area contributed by atoms with Gasteiger partial charge in [-0.05, 0) is 43.3 Å². The summed E-state index contributed by atoms with van der Waals surface area (Å²) in [5.41, 5.74) is 6.72. The van der Waals surface area contributed by atoms with Gasteiger partial charge < -0.3 is 20.7 Å². The highest BCUT2D eigenvalue weighted by Gasteiger charge is 2.26. The number of likely N-dealkylation sites (N-methyl/N-ethyl adjacent to an activating group) is 1. The molecule has 2 aliphatic heterocycles. The lowest BCUT2D eigenvalue weighted by molar-refractivity contribution is 0.0730. The van der Waals surface area contributed by atoms with Crippen LogP contribution < -0.4 is 21.3 Å². The number of fused-ring (bicyclic) bond motifs is 1. The van der Waals surface area contributed by atoms with E-state index in [0.717, 1.165) is 12.2 Å². The van der Waals surface area contributed by atoms with Gasteiger partial charge in [0.05, 0.1) is 30.3 Å². The van der Waals surface area contributed by atoms with Crippen LogP contribution in [0.3, 0.4) is 0 Å². The number of nitrogens with zero attached hydrogens (tertiary/aromatic N) is 4. The molecule has 1 saturated heterocycles. The molecule has 0 unspecified atom stereocenters. The van der Waals surface area contributed by atoms with Crippen LogP contribution in [0.15, 0.2) is 46.3 Å². The largest absolute Gasteiger partial charge is 0.379 e. The highest BCUT2D eigenvalue weighted by molar-refractivity contribution is 7.89. The van der Waals surface area contributed by atoms with Crippen LogP contribution in [-0.2, 0) is 14.8 Å². The smallest absolute Gasteiger partial charge is 0.317 e. The fraction of sp³-hybridized carbons (Fsp3) is 0.350. The molecule has 12 heteroatoms. The SMILES string of the molecule is CCN1CC(Nc2ccc(S(=O)(=O)N3CCOCC3)cc2)=Nc2nc(NC(N)=O)ccc21. The molecule has 3 heterocycles. The molecule has 4 N–H and O–H groups in total. The van der Waals surface area contributed by atoms with Crippen LogP contribution >= 0.6 is 0 Å². The first-order valence-electron chi connectivity index (χ1n) is 10.2. The molecule has 2 aromatic rings. The number of rotatable bonds is 5. The summed E-state index contributed by atoms with van der Waals surface area (Å²) in [7, 11) is -3.55. The summed E-state index contributed by atoms with van der Waals surface area (Å²) >= 11 is 0. The molecule has 170 valence electrons. The van der Waals surface area contributed by atoms with Gasteiger partial charge in [0.2, 0.25) is 10.0 Å². The van der Waals surface area contributed by atoms with E-state index in [2.05, 4.69) is 25.5 Å². The monoisotopic (exact) mass is 459 g/mol. The first-order chi connectivity index (χ1) is 15.4. The maximum absolute atomic E-state index is 12.8. The summed E-state index contributed by atoms with van der Waals surface area (Å²) in [5, 5.41) is 5.68. The lowest BCUT2D eigenvalue weighted by atomic mass is 10.2. The highest BCUT2D eigenvalue weighted by atomic mass is 32.2. The third-order valence-electron chi connectivity index (χ3n) is 5.16. The average molecular weight is 460 g/mol. The Morgan fingerprint density at radius 1 is 1.16 bits per heavy atom. The van der Waals surface area contributed by atoms with Crippen molar-refractivity contribution in [3.8, 4) is 0 Å². The van der Waals surface area contributed by atoms with E-state index in [1.807, 2.05) is 13.0 Å². The van der Waals surface area contributed by atoms with E-state index < -0.39 is 16.1 Å². The van der Waals surface area contributed by atoms with E-state index in [4.69, 9.17) is 10.5 Å². The number of carbonyl (C=O) groups is 1. The molecule has 1 aromatic carbocycles. The lowest BCUT2D eigenvalue weighted by Crippen LogP contribution is -2.40. The van der Waals surface area contributed by atoms with Crippen LogP contribution in [0.5, 0.6) is 0 Å². The lowest BCUT2D eigenvalue weighted by Gasteiger charge is -2.29. The molecular weight excluding hydrogens is 434 g/mol. The molecule has 0 atom stereocenters. The molecule has 32 heavy (non-hydrogen) atoms. The maximum Gasteiger partial charge on any atom is 0.317 e. The van der Waals surface area contributed by atoms with E-state index in [-0.39, 0.29) is 4.90 Å². The number of sulfonamides is 1. The molecule has 0 bridgehead atoms. The summed E-state index contributed by atoms with van der Waals surface area (Å²) in [5.74, 6) is 1.42. The number of morpholine rings is 1. The van der Waals surface area contributed by atoms with Crippen molar-refractivity contribution in [2.75, 3.05) is 54.9 Å². The van der Waals surface area contributed by atoms with Crippen molar-refractivity contribution in [1.29, 1.82) is 0 Å². The molecular formula is C20H25N7O4S. The Hall–Kier alpha value is -3.22. The molecule has 1 aromatic heterocycles. The van der Waals surface area contributed by atoms with Crippen molar-refractivity contribution in [1.82, 2.24) is 9.29 Å². The molecule has 11 nitrogen and oxygen atoms in total.